The minimum absolute atomic E-state index is 0.217. The molecule has 0 aliphatic carbocycles. The summed E-state index contributed by atoms with van der Waals surface area (Å²) in [6.07, 6.45) is 1.30. The lowest BCUT2D eigenvalue weighted by atomic mass is 10.1. The number of aromatic nitrogens is 3. The highest BCUT2D eigenvalue weighted by molar-refractivity contribution is 5.80. The van der Waals surface area contributed by atoms with Crippen molar-refractivity contribution in [1.29, 1.82) is 0 Å². The molecule has 1 saturated heterocycles. The van der Waals surface area contributed by atoms with Crippen LogP contribution in [0.25, 0.3) is 0 Å². The van der Waals surface area contributed by atoms with Crippen LogP contribution < -0.4 is 10.1 Å². The van der Waals surface area contributed by atoms with E-state index in [-0.39, 0.29) is 6.10 Å². The van der Waals surface area contributed by atoms with Crippen LogP contribution in [0.2, 0.25) is 0 Å². The lowest BCUT2D eigenvalue weighted by Crippen LogP contribution is -2.46. The summed E-state index contributed by atoms with van der Waals surface area (Å²) in [6.45, 7) is 4.63. The number of hydrogen-bond acceptors (Lipinski definition) is 5. The molecule has 146 valence electrons. The van der Waals surface area contributed by atoms with Gasteiger partial charge >= 0.3 is 0 Å². The second-order valence-corrected chi connectivity index (χ2v) is 6.78. The van der Waals surface area contributed by atoms with Gasteiger partial charge in [0.2, 0.25) is 0 Å². The fraction of sp³-hybridized carbons (Fsp3) is 0.526. The zero-order valence-electron chi connectivity index (χ0n) is 16.2. The van der Waals surface area contributed by atoms with E-state index in [2.05, 4.69) is 20.4 Å². The molecule has 3 rings (SSSR count). The van der Waals surface area contributed by atoms with Crippen molar-refractivity contribution in [3.8, 4) is 5.75 Å². The molecule has 8 heteroatoms. The fourth-order valence-corrected chi connectivity index (χ4v) is 3.01. The number of nitrogens with one attached hydrogen (secondary N) is 1. The van der Waals surface area contributed by atoms with Gasteiger partial charge in [0, 0.05) is 20.1 Å². The first kappa shape index (κ1) is 19.2. The molecule has 1 aromatic carbocycles. The normalized spacial score (nSPS) is 15.9. The number of nitrogens with zero attached hydrogens (tertiary/aromatic N) is 5. The van der Waals surface area contributed by atoms with Crippen molar-refractivity contribution in [1.82, 2.24) is 25.0 Å². The first-order chi connectivity index (χ1) is 13.1. The molecule has 0 unspecified atom stereocenters. The van der Waals surface area contributed by atoms with Gasteiger partial charge in [0.15, 0.2) is 11.8 Å². The first-order valence-electron chi connectivity index (χ1n) is 9.26. The Morgan fingerprint density at radius 2 is 1.96 bits per heavy atom. The van der Waals surface area contributed by atoms with Gasteiger partial charge in [-0.15, -0.1) is 10.2 Å². The Bertz CT molecular complexity index is 763. The topological polar surface area (TPSA) is 87.8 Å². The second kappa shape index (κ2) is 8.85. The van der Waals surface area contributed by atoms with E-state index in [1.165, 1.54) is 0 Å². The van der Waals surface area contributed by atoms with Crippen molar-refractivity contribution in [3.63, 3.8) is 0 Å². The molecule has 0 radical (unpaired) electrons. The minimum atomic E-state index is -0.217. The van der Waals surface area contributed by atoms with Crippen molar-refractivity contribution in [2.24, 2.45) is 12.0 Å². The number of piperidine rings is 1. The van der Waals surface area contributed by atoms with E-state index in [1.807, 2.05) is 42.8 Å². The number of aliphatic imine (C=N–C) groups is 1. The van der Waals surface area contributed by atoms with Crippen LogP contribution in [0, 0.1) is 6.92 Å². The second-order valence-electron chi connectivity index (χ2n) is 6.78. The van der Waals surface area contributed by atoms with Gasteiger partial charge in [-0.1, -0.05) is 12.1 Å². The highest BCUT2D eigenvalue weighted by Gasteiger charge is 2.20. The maximum Gasteiger partial charge on any atom is 0.194 e. The van der Waals surface area contributed by atoms with Gasteiger partial charge in [-0.05, 0) is 37.5 Å². The monoisotopic (exact) mass is 372 g/mol. The number of rotatable bonds is 5. The van der Waals surface area contributed by atoms with Crippen LogP contribution in [0.15, 0.2) is 29.3 Å². The Hall–Kier alpha value is -2.61. The molecular weight excluding hydrogens is 344 g/mol. The fourth-order valence-electron chi connectivity index (χ4n) is 3.01. The van der Waals surface area contributed by atoms with Crippen molar-refractivity contribution < 1.29 is 9.84 Å². The summed E-state index contributed by atoms with van der Waals surface area (Å²) in [5, 5.41) is 21.5. The van der Waals surface area contributed by atoms with Gasteiger partial charge < -0.3 is 24.6 Å². The quantitative estimate of drug-likeness (QED) is 0.606. The number of likely N-dealkylation sites (tertiary alicyclic amines) is 1. The SMILES string of the molecule is COc1ccc(CN=C(NCc2nnc(C)n2C)N2CCC(O)CC2)cc1. The molecule has 0 atom stereocenters. The molecule has 2 aromatic rings. The zero-order chi connectivity index (χ0) is 19.2. The van der Waals surface area contributed by atoms with Crippen LogP contribution in [0.3, 0.4) is 0 Å². The number of ether oxygens (including phenoxy) is 1. The Morgan fingerprint density at radius 1 is 1.26 bits per heavy atom. The summed E-state index contributed by atoms with van der Waals surface area (Å²) >= 11 is 0. The Labute approximate surface area is 159 Å². The zero-order valence-corrected chi connectivity index (χ0v) is 16.2. The third-order valence-corrected chi connectivity index (χ3v) is 4.92. The van der Waals surface area contributed by atoms with Gasteiger partial charge in [0.1, 0.15) is 11.6 Å². The van der Waals surface area contributed by atoms with Gasteiger partial charge in [-0.3, -0.25) is 0 Å². The number of methoxy groups -OCH3 is 1. The van der Waals surface area contributed by atoms with Crippen LogP contribution in [-0.4, -0.2) is 57.0 Å². The standard InChI is InChI=1S/C19H28N6O2/c1-14-22-23-18(24(14)2)13-21-19(25-10-8-16(26)9-11-25)20-12-15-4-6-17(27-3)7-5-15/h4-7,16,26H,8-13H2,1-3H3,(H,20,21). The van der Waals surface area contributed by atoms with Gasteiger partial charge in [-0.2, -0.15) is 0 Å². The van der Waals surface area contributed by atoms with Gasteiger partial charge in [0.25, 0.3) is 0 Å². The molecule has 1 aliphatic heterocycles. The predicted molar refractivity (Wildman–Crippen MR) is 104 cm³/mol. The van der Waals surface area contributed by atoms with Crippen LogP contribution in [-0.2, 0) is 20.1 Å². The molecule has 0 spiro atoms. The molecule has 2 N–H and O–H groups in total. The summed E-state index contributed by atoms with van der Waals surface area (Å²) in [4.78, 5) is 7.00. The largest absolute Gasteiger partial charge is 0.497 e. The van der Waals surface area contributed by atoms with Crippen molar-refractivity contribution in [3.05, 3.63) is 41.5 Å². The highest BCUT2D eigenvalue weighted by Crippen LogP contribution is 2.14. The van der Waals surface area contributed by atoms with E-state index < -0.39 is 0 Å². The number of benzene rings is 1. The summed E-state index contributed by atoms with van der Waals surface area (Å²) in [6, 6.07) is 7.92. The first-order valence-corrected chi connectivity index (χ1v) is 9.26. The Balaban J connectivity index is 1.70. The van der Waals surface area contributed by atoms with E-state index in [9.17, 15) is 5.11 Å². The van der Waals surface area contributed by atoms with E-state index in [4.69, 9.17) is 9.73 Å². The molecule has 1 fully saturated rings. The summed E-state index contributed by atoms with van der Waals surface area (Å²) < 4.78 is 7.17. The van der Waals surface area contributed by atoms with Crippen molar-refractivity contribution in [2.75, 3.05) is 20.2 Å². The summed E-state index contributed by atoms with van der Waals surface area (Å²) in [5.74, 6) is 3.41. The molecule has 0 amide bonds. The molecular formula is C19H28N6O2. The van der Waals surface area contributed by atoms with Crippen LogP contribution in [0.5, 0.6) is 5.75 Å². The molecule has 1 aliphatic rings. The number of aryl methyl sites for hydroxylation is 1. The number of aliphatic hydroxyl groups is 1. The molecule has 2 heterocycles. The molecule has 0 bridgehead atoms. The predicted octanol–water partition coefficient (Wildman–Crippen LogP) is 1.23. The summed E-state index contributed by atoms with van der Waals surface area (Å²) in [5.41, 5.74) is 1.11. The Kier molecular flexibility index (Phi) is 6.28. The average Bonchev–Trinajstić information content (AvgIpc) is 3.01. The highest BCUT2D eigenvalue weighted by atomic mass is 16.5. The third-order valence-electron chi connectivity index (χ3n) is 4.92. The molecule has 8 nitrogen and oxygen atoms in total. The average molecular weight is 372 g/mol. The number of hydrogen-bond donors (Lipinski definition) is 2. The number of aliphatic hydroxyl groups excluding tert-OH is 1. The van der Waals surface area contributed by atoms with Crippen LogP contribution >= 0.6 is 0 Å². The minimum Gasteiger partial charge on any atom is -0.497 e. The smallest absolute Gasteiger partial charge is 0.194 e. The lowest BCUT2D eigenvalue weighted by Gasteiger charge is -2.32. The molecule has 1 aromatic heterocycles. The van der Waals surface area contributed by atoms with E-state index in [0.717, 1.165) is 54.9 Å². The Morgan fingerprint density at radius 3 is 2.56 bits per heavy atom. The van der Waals surface area contributed by atoms with E-state index in [0.29, 0.717) is 13.1 Å². The number of guanidine groups is 1. The maximum atomic E-state index is 9.79. The lowest BCUT2D eigenvalue weighted by molar-refractivity contribution is 0.108. The summed E-state index contributed by atoms with van der Waals surface area (Å²) in [7, 11) is 3.62. The van der Waals surface area contributed by atoms with Crippen LogP contribution in [0.4, 0.5) is 0 Å². The van der Waals surface area contributed by atoms with Crippen LogP contribution in [0.1, 0.15) is 30.1 Å². The van der Waals surface area contributed by atoms with Crippen molar-refractivity contribution >= 4 is 5.96 Å². The van der Waals surface area contributed by atoms with Gasteiger partial charge in [0.05, 0.1) is 26.3 Å². The van der Waals surface area contributed by atoms with E-state index >= 15 is 0 Å². The molecule has 27 heavy (non-hydrogen) atoms. The third kappa shape index (κ3) is 4.97. The van der Waals surface area contributed by atoms with Crippen molar-refractivity contribution in [2.45, 2.75) is 39.0 Å². The molecule has 0 saturated carbocycles. The van der Waals surface area contributed by atoms with E-state index in [1.54, 1.807) is 7.11 Å². The van der Waals surface area contributed by atoms with Gasteiger partial charge in [-0.25, -0.2) is 4.99 Å². The maximum absolute atomic E-state index is 9.79.